The maximum Gasteiger partial charge on any atom is 0.239 e. The molecule has 1 aliphatic rings. The molecular formula is C13H11NO3. The SMILES string of the molecule is CCCC(=O)c1ccc2c(c1)OC(C#N)=CO2. The van der Waals surface area contributed by atoms with Crippen molar-refractivity contribution in [2.75, 3.05) is 0 Å². The van der Waals surface area contributed by atoms with Crippen molar-refractivity contribution in [3.05, 3.63) is 35.8 Å². The topological polar surface area (TPSA) is 59.3 Å². The molecule has 4 nitrogen and oxygen atoms in total. The third-order valence-corrected chi connectivity index (χ3v) is 2.37. The van der Waals surface area contributed by atoms with Gasteiger partial charge in [-0.25, -0.2) is 0 Å². The van der Waals surface area contributed by atoms with Crippen LogP contribution in [0.5, 0.6) is 11.5 Å². The first kappa shape index (κ1) is 11.2. The Labute approximate surface area is 99.1 Å². The fourth-order valence-electron chi connectivity index (χ4n) is 1.54. The fourth-order valence-corrected chi connectivity index (χ4v) is 1.54. The summed E-state index contributed by atoms with van der Waals surface area (Å²) in [6, 6.07) is 6.83. The third-order valence-electron chi connectivity index (χ3n) is 2.37. The zero-order valence-electron chi connectivity index (χ0n) is 9.40. The Morgan fingerprint density at radius 2 is 2.24 bits per heavy atom. The Balaban J connectivity index is 2.27. The Morgan fingerprint density at radius 1 is 1.41 bits per heavy atom. The van der Waals surface area contributed by atoms with Crippen molar-refractivity contribution in [1.82, 2.24) is 0 Å². The second-order valence-corrected chi connectivity index (χ2v) is 3.65. The lowest BCUT2D eigenvalue weighted by atomic mass is 10.1. The molecule has 0 bridgehead atoms. The van der Waals surface area contributed by atoms with Crippen LogP contribution in [0.3, 0.4) is 0 Å². The van der Waals surface area contributed by atoms with E-state index < -0.39 is 0 Å². The molecule has 1 heterocycles. The number of nitriles is 1. The quantitative estimate of drug-likeness (QED) is 0.748. The zero-order chi connectivity index (χ0) is 12.3. The number of allylic oxidation sites excluding steroid dienone is 1. The molecule has 0 aromatic heterocycles. The molecule has 1 aromatic carbocycles. The van der Waals surface area contributed by atoms with Gasteiger partial charge in [-0.05, 0) is 24.6 Å². The number of carbonyl (C=O) groups is 1. The molecule has 86 valence electrons. The van der Waals surface area contributed by atoms with Gasteiger partial charge in [-0.3, -0.25) is 4.79 Å². The minimum absolute atomic E-state index is 0.0620. The Morgan fingerprint density at radius 3 is 2.94 bits per heavy atom. The van der Waals surface area contributed by atoms with Crippen LogP contribution in [-0.4, -0.2) is 5.78 Å². The highest BCUT2D eigenvalue weighted by atomic mass is 16.6. The smallest absolute Gasteiger partial charge is 0.239 e. The summed E-state index contributed by atoms with van der Waals surface area (Å²) in [5, 5.41) is 8.69. The normalized spacial score (nSPS) is 12.6. The minimum atomic E-state index is 0.0620. The lowest BCUT2D eigenvalue weighted by Gasteiger charge is -2.15. The van der Waals surface area contributed by atoms with E-state index >= 15 is 0 Å². The predicted octanol–water partition coefficient (Wildman–Crippen LogP) is 2.81. The molecule has 1 aromatic rings. The molecule has 4 heteroatoms. The van der Waals surface area contributed by atoms with Crippen LogP contribution in [0.25, 0.3) is 0 Å². The van der Waals surface area contributed by atoms with Gasteiger partial charge in [0.05, 0.1) is 0 Å². The van der Waals surface area contributed by atoms with Gasteiger partial charge in [-0.15, -0.1) is 0 Å². The number of hydrogen-bond donors (Lipinski definition) is 0. The number of carbonyl (C=O) groups excluding carboxylic acids is 1. The highest BCUT2D eigenvalue weighted by Crippen LogP contribution is 2.33. The summed E-state index contributed by atoms with van der Waals surface area (Å²) >= 11 is 0. The van der Waals surface area contributed by atoms with Gasteiger partial charge in [0, 0.05) is 12.0 Å². The van der Waals surface area contributed by atoms with Crippen LogP contribution in [0.4, 0.5) is 0 Å². The van der Waals surface area contributed by atoms with Crippen LogP contribution >= 0.6 is 0 Å². The van der Waals surface area contributed by atoms with Crippen LogP contribution in [0.15, 0.2) is 30.2 Å². The van der Waals surface area contributed by atoms with Crippen molar-refractivity contribution < 1.29 is 14.3 Å². The molecule has 1 aliphatic heterocycles. The Hall–Kier alpha value is -2.28. The van der Waals surface area contributed by atoms with Crippen molar-refractivity contribution >= 4 is 5.78 Å². The van der Waals surface area contributed by atoms with Crippen LogP contribution in [0, 0.1) is 11.3 Å². The summed E-state index contributed by atoms with van der Waals surface area (Å²) in [5.74, 6) is 1.06. The first-order valence-electron chi connectivity index (χ1n) is 5.36. The maximum atomic E-state index is 11.7. The second-order valence-electron chi connectivity index (χ2n) is 3.65. The lowest BCUT2D eigenvalue weighted by Crippen LogP contribution is -2.05. The van der Waals surface area contributed by atoms with Crippen molar-refractivity contribution in [3.63, 3.8) is 0 Å². The van der Waals surface area contributed by atoms with Crippen molar-refractivity contribution in [3.8, 4) is 17.6 Å². The van der Waals surface area contributed by atoms with E-state index in [0.717, 1.165) is 6.42 Å². The van der Waals surface area contributed by atoms with Gasteiger partial charge >= 0.3 is 0 Å². The molecule has 0 fully saturated rings. The van der Waals surface area contributed by atoms with Gasteiger partial charge in [-0.1, -0.05) is 6.92 Å². The first-order chi connectivity index (χ1) is 8.24. The highest BCUT2D eigenvalue weighted by molar-refractivity contribution is 5.96. The average molecular weight is 229 g/mol. The number of benzene rings is 1. The Kier molecular flexibility index (Phi) is 3.10. The monoisotopic (exact) mass is 229 g/mol. The molecule has 0 atom stereocenters. The molecular weight excluding hydrogens is 218 g/mol. The third kappa shape index (κ3) is 2.28. The molecule has 0 amide bonds. The maximum absolute atomic E-state index is 11.7. The summed E-state index contributed by atoms with van der Waals surface area (Å²) in [7, 11) is 0. The molecule has 17 heavy (non-hydrogen) atoms. The fraction of sp³-hybridized carbons (Fsp3) is 0.231. The number of nitrogens with zero attached hydrogens (tertiary/aromatic N) is 1. The molecule has 2 rings (SSSR count). The van der Waals surface area contributed by atoms with E-state index in [9.17, 15) is 4.79 Å². The average Bonchev–Trinajstić information content (AvgIpc) is 2.37. The van der Waals surface area contributed by atoms with E-state index in [4.69, 9.17) is 14.7 Å². The standard InChI is InChI=1S/C13H11NO3/c1-2-3-11(15)9-4-5-12-13(6-9)17-10(7-14)8-16-12/h4-6,8H,2-3H2,1H3. The van der Waals surface area contributed by atoms with Crippen molar-refractivity contribution in [2.24, 2.45) is 0 Å². The number of fused-ring (bicyclic) bond motifs is 1. The second kappa shape index (κ2) is 4.71. The van der Waals surface area contributed by atoms with Crippen LogP contribution < -0.4 is 9.47 Å². The van der Waals surface area contributed by atoms with Crippen LogP contribution in [-0.2, 0) is 0 Å². The molecule has 0 spiro atoms. The van der Waals surface area contributed by atoms with Crippen LogP contribution in [0.1, 0.15) is 30.1 Å². The number of ether oxygens (including phenoxy) is 2. The minimum Gasteiger partial charge on any atom is -0.456 e. The molecule has 0 N–H and O–H groups in total. The van der Waals surface area contributed by atoms with E-state index in [1.807, 2.05) is 13.0 Å². The molecule has 0 saturated carbocycles. The predicted molar refractivity (Wildman–Crippen MR) is 60.6 cm³/mol. The lowest BCUT2D eigenvalue weighted by molar-refractivity contribution is 0.0981. The number of rotatable bonds is 3. The summed E-state index contributed by atoms with van der Waals surface area (Å²) in [5.41, 5.74) is 0.577. The Bertz CT molecular complexity index is 526. The van der Waals surface area contributed by atoms with Gasteiger partial charge < -0.3 is 9.47 Å². The molecule has 0 aliphatic carbocycles. The van der Waals surface area contributed by atoms with E-state index in [0.29, 0.717) is 23.5 Å². The van der Waals surface area contributed by atoms with Gasteiger partial charge in [0.2, 0.25) is 5.76 Å². The van der Waals surface area contributed by atoms with E-state index in [-0.39, 0.29) is 11.5 Å². The summed E-state index contributed by atoms with van der Waals surface area (Å²) < 4.78 is 10.5. The van der Waals surface area contributed by atoms with Crippen molar-refractivity contribution in [1.29, 1.82) is 5.26 Å². The van der Waals surface area contributed by atoms with Crippen LogP contribution in [0.2, 0.25) is 0 Å². The zero-order valence-corrected chi connectivity index (χ0v) is 9.40. The molecule has 0 saturated heterocycles. The molecule has 0 radical (unpaired) electrons. The van der Waals surface area contributed by atoms with Gasteiger partial charge in [-0.2, -0.15) is 5.26 Å². The van der Waals surface area contributed by atoms with Gasteiger partial charge in [0.25, 0.3) is 0 Å². The highest BCUT2D eigenvalue weighted by Gasteiger charge is 2.16. The molecule has 0 unspecified atom stereocenters. The summed E-state index contributed by atoms with van der Waals surface area (Å²) in [6.45, 7) is 1.95. The van der Waals surface area contributed by atoms with Gasteiger partial charge in [0.1, 0.15) is 12.3 Å². The number of ketones is 1. The van der Waals surface area contributed by atoms with E-state index in [1.54, 1.807) is 18.2 Å². The van der Waals surface area contributed by atoms with E-state index in [1.165, 1.54) is 6.26 Å². The van der Waals surface area contributed by atoms with Crippen molar-refractivity contribution in [2.45, 2.75) is 19.8 Å². The largest absolute Gasteiger partial charge is 0.456 e. The van der Waals surface area contributed by atoms with E-state index in [2.05, 4.69) is 0 Å². The number of Topliss-reactive ketones (excluding diaryl/α,β-unsaturated/α-hetero) is 1. The summed E-state index contributed by atoms with van der Waals surface area (Å²) in [6.07, 6.45) is 2.55. The summed E-state index contributed by atoms with van der Waals surface area (Å²) in [4.78, 5) is 11.7. The first-order valence-corrected chi connectivity index (χ1v) is 5.36. The van der Waals surface area contributed by atoms with Gasteiger partial charge in [0.15, 0.2) is 17.3 Å². The number of hydrogen-bond acceptors (Lipinski definition) is 4.